The Kier molecular flexibility index (Phi) is 7.08. The Hall–Kier alpha value is -3.60. The predicted molar refractivity (Wildman–Crippen MR) is 134 cm³/mol. The average Bonchev–Trinajstić information content (AvgIpc) is 2.82. The van der Waals surface area contributed by atoms with Gasteiger partial charge in [-0.05, 0) is 48.7 Å². The van der Waals surface area contributed by atoms with Crippen LogP contribution in [-0.4, -0.2) is 24.2 Å². The molecule has 0 unspecified atom stereocenters. The Morgan fingerprint density at radius 3 is 2.58 bits per heavy atom. The lowest BCUT2D eigenvalue weighted by Gasteiger charge is -2.17. The van der Waals surface area contributed by atoms with Crippen molar-refractivity contribution in [2.45, 2.75) is 39.5 Å². The van der Waals surface area contributed by atoms with E-state index in [1.807, 2.05) is 48.5 Å². The number of nitrogens with zero attached hydrogens (tertiary/aromatic N) is 1. The molecule has 0 saturated heterocycles. The molecule has 1 aliphatic heterocycles. The summed E-state index contributed by atoms with van der Waals surface area (Å²) in [5, 5.41) is 15.1. The van der Waals surface area contributed by atoms with Crippen LogP contribution in [0.2, 0.25) is 0 Å². The van der Waals surface area contributed by atoms with Gasteiger partial charge in [0.1, 0.15) is 11.3 Å². The summed E-state index contributed by atoms with van der Waals surface area (Å²) in [7, 11) is 0. The first kappa shape index (κ1) is 22.6. The largest absolute Gasteiger partial charge is 0.478 e. The molecule has 0 bridgehead atoms. The number of fused-ring (bicyclic) bond motifs is 2. The molecule has 0 spiro atoms. The number of carbonyl (C=O) groups is 1. The molecular formula is C28H30N2O3. The fraction of sp³-hybridized carbons (Fsp3) is 0.286. The van der Waals surface area contributed by atoms with Crippen molar-refractivity contribution in [3.8, 4) is 22.5 Å². The first-order valence-electron chi connectivity index (χ1n) is 11.7. The van der Waals surface area contributed by atoms with Crippen LogP contribution in [0.1, 0.15) is 49.9 Å². The number of hydrogen-bond acceptors (Lipinski definition) is 4. The third-order valence-electron chi connectivity index (χ3n) is 5.80. The fourth-order valence-corrected chi connectivity index (χ4v) is 4.04. The van der Waals surface area contributed by atoms with Crippen molar-refractivity contribution in [1.29, 1.82) is 0 Å². The Morgan fingerprint density at radius 2 is 1.79 bits per heavy atom. The zero-order valence-electron chi connectivity index (χ0n) is 19.2. The minimum atomic E-state index is -0.947. The van der Waals surface area contributed by atoms with Crippen LogP contribution in [0.15, 0.2) is 70.1 Å². The van der Waals surface area contributed by atoms with E-state index < -0.39 is 5.97 Å². The number of nitrogens with one attached hydrogen (secondary N) is 1. The van der Waals surface area contributed by atoms with E-state index in [2.05, 4.69) is 24.2 Å². The van der Waals surface area contributed by atoms with Crippen LogP contribution in [0.25, 0.3) is 33.4 Å². The predicted octanol–water partition coefficient (Wildman–Crippen LogP) is 6.82. The molecule has 2 aromatic carbocycles. The molecule has 2 aliphatic rings. The minimum Gasteiger partial charge on any atom is -0.478 e. The highest BCUT2D eigenvalue weighted by Crippen LogP contribution is 2.41. The second kappa shape index (κ2) is 10.3. The lowest BCUT2D eigenvalue weighted by atomic mass is 9.90. The summed E-state index contributed by atoms with van der Waals surface area (Å²) in [6.45, 7) is 5.98. The molecular weight excluding hydrogens is 412 g/mol. The Balaban J connectivity index is 1.96. The van der Waals surface area contributed by atoms with E-state index in [-0.39, 0.29) is 5.56 Å². The molecule has 0 fully saturated rings. The molecule has 5 heteroatoms. The third kappa shape index (κ3) is 4.92. The summed E-state index contributed by atoms with van der Waals surface area (Å²) in [6, 6.07) is 19.1. The Bertz CT molecular complexity index is 1310. The molecule has 4 rings (SSSR count). The summed E-state index contributed by atoms with van der Waals surface area (Å²) < 4.78 is 6.36. The lowest BCUT2D eigenvalue weighted by molar-refractivity contribution is 0.0697. The van der Waals surface area contributed by atoms with Gasteiger partial charge in [-0.2, -0.15) is 0 Å². The normalized spacial score (nSPS) is 11.9. The lowest BCUT2D eigenvalue weighted by Crippen LogP contribution is -2.06. The zero-order valence-corrected chi connectivity index (χ0v) is 19.2. The van der Waals surface area contributed by atoms with Crippen molar-refractivity contribution in [1.82, 2.24) is 0 Å². The smallest absolute Gasteiger partial charge is 0.336 e. The molecule has 0 atom stereocenters. The van der Waals surface area contributed by atoms with Crippen molar-refractivity contribution in [2.24, 2.45) is 4.99 Å². The van der Waals surface area contributed by atoms with Gasteiger partial charge < -0.3 is 14.8 Å². The molecule has 2 aromatic rings. The van der Waals surface area contributed by atoms with E-state index in [1.165, 1.54) is 0 Å². The standard InChI is InChI=1S/C28H30N2O3/c1-3-5-15-29-19-11-13-23-25(17-19)33-26-18-20(30-16-6-4-2)12-14-24(26)27(23)21-9-7-8-10-22(21)28(31)32/h7-14,17-18,29H,3-6,15-16H2,1-2H3,(H,31,32)/b30-20-. The summed E-state index contributed by atoms with van der Waals surface area (Å²) >= 11 is 0. The van der Waals surface area contributed by atoms with Crippen molar-refractivity contribution >= 4 is 22.6 Å². The van der Waals surface area contributed by atoms with Gasteiger partial charge in [-0.25, -0.2) is 4.79 Å². The second-order valence-corrected chi connectivity index (χ2v) is 8.23. The van der Waals surface area contributed by atoms with Crippen LogP contribution >= 0.6 is 0 Å². The fourth-order valence-electron chi connectivity index (χ4n) is 4.04. The molecule has 5 nitrogen and oxygen atoms in total. The van der Waals surface area contributed by atoms with Crippen molar-refractivity contribution < 1.29 is 14.3 Å². The Labute approximate surface area is 194 Å². The summed E-state index contributed by atoms with van der Waals surface area (Å²) in [4.78, 5) is 16.7. The highest BCUT2D eigenvalue weighted by Gasteiger charge is 2.21. The van der Waals surface area contributed by atoms with E-state index in [9.17, 15) is 9.90 Å². The summed E-state index contributed by atoms with van der Waals surface area (Å²) in [6.07, 6.45) is 4.34. The summed E-state index contributed by atoms with van der Waals surface area (Å²) in [5.74, 6) is -0.252. The first-order chi connectivity index (χ1) is 16.1. The highest BCUT2D eigenvalue weighted by atomic mass is 16.4. The number of rotatable bonds is 9. The molecule has 1 aliphatic carbocycles. The van der Waals surface area contributed by atoms with Crippen LogP contribution in [0, 0.1) is 0 Å². The van der Waals surface area contributed by atoms with Crippen molar-refractivity contribution in [2.75, 3.05) is 18.4 Å². The molecule has 1 heterocycles. The molecule has 0 amide bonds. The molecule has 170 valence electrons. The SMILES string of the molecule is CCCC/N=c1/ccc2c(-c3ccccc3C(=O)O)c3ccc(NCCCC)cc3oc-2c1. The van der Waals surface area contributed by atoms with Crippen LogP contribution < -0.4 is 10.7 Å². The maximum Gasteiger partial charge on any atom is 0.336 e. The first-order valence-corrected chi connectivity index (χ1v) is 11.7. The number of benzene rings is 3. The van der Waals surface area contributed by atoms with Gasteiger partial charge in [-0.1, -0.05) is 44.9 Å². The highest BCUT2D eigenvalue weighted by molar-refractivity contribution is 6.07. The molecule has 0 aromatic heterocycles. The van der Waals surface area contributed by atoms with Crippen LogP contribution in [0.3, 0.4) is 0 Å². The third-order valence-corrected chi connectivity index (χ3v) is 5.80. The van der Waals surface area contributed by atoms with E-state index in [4.69, 9.17) is 4.42 Å². The maximum atomic E-state index is 12.0. The van der Waals surface area contributed by atoms with E-state index >= 15 is 0 Å². The van der Waals surface area contributed by atoms with E-state index in [1.54, 1.807) is 12.1 Å². The number of aromatic carboxylic acids is 1. The quantitative estimate of drug-likeness (QED) is 0.220. The van der Waals surface area contributed by atoms with Gasteiger partial charge in [0.15, 0.2) is 0 Å². The number of carboxylic acid groups (broad SMARTS) is 1. The molecule has 33 heavy (non-hydrogen) atoms. The molecule has 2 N–H and O–H groups in total. The maximum absolute atomic E-state index is 12.0. The number of unbranched alkanes of at least 4 members (excludes halogenated alkanes) is 2. The van der Waals surface area contributed by atoms with Crippen molar-refractivity contribution in [3.05, 3.63) is 71.6 Å². The van der Waals surface area contributed by atoms with Gasteiger partial charge >= 0.3 is 5.97 Å². The van der Waals surface area contributed by atoms with Crippen LogP contribution in [0.4, 0.5) is 5.69 Å². The van der Waals surface area contributed by atoms with E-state index in [0.717, 1.165) is 66.3 Å². The van der Waals surface area contributed by atoms with E-state index in [0.29, 0.717) is 16.9 Å². The minimum absolute atomic E-state index is 0.271. The van der Waals surface area contributed by atoms with Crippen LogP contribution in [0.5, 0.6) is 0 Å². The van der Waals surface area contributed by atoms with Gasteiger partial charge in [-0.3, -0.25) is 4.99 Å². The topological polar surface area (TPSA) is 74.8 Å². The van der Waals surface area contributed by atoms with Gasteiger partial charge in [0.05, 0.1) is 10.9 Å². The number of carboxylic acids is 1. The number of anilines is 1. The monoisotopic (exact) mass is 442 g/mol. The molecule has 0 saturated carbocycles. The van der Waals surface area contributed by atoms with Crippen molar-refractivity contribution in [3.63, 3.8) is 0 Å². The van der Waals surface area contributed by atoms with Gasteiger partial charge in [-0.15, -0.1) is 0 Å². The summed E-state index contributed by atoms with van der Waals surface area (Å²) in [5.41, 5.74) is 4.39. The van der Waals surface area contributed by atoms with Gasteiger partial charge in [0.25, 0.3) is 0 Å². The van der Waals surface area contributed by atoms with Gasteiger partial charge in [0, 0.05) is 47.4 Å². The zero-order chi connectivity index (χ0) is 23.2. The van der Waals surface area contributed by atoms with Gasteiger partial charge in [0.2, 0.25) is 0 Å². The average molecular weight is 443 g/mol. The number of hydrogen-bond donors (Lipinski definition) is 2. The second-order valence-electron chi connectivity index (χ2n) is 8.23. The van der Waals surface area contributed by atoms with Crippen LogP contribution in [-0.2, 0) is 0 Å². The Morgan fingerprint density at radius 1 is 0.970 bits per heavy atom. The molecule has 0 radical (unpaired) electrons.